The lowest BCUT2D eigenvalue weighted by atomic mass is 10.1. The highest BCUT2D eigenvalue weighted by Crippen LogP contribution is 2.16. The van der Waals surface area contributed by atoms with E-state index in [0.29, 0.717) is 24.3 Å². The molecule has 0 aromatic heterocycles. The van der Waals surface area contributed by atoms with Crippen LogP contribution in [0.1, 0.15) is 65.3 Å². The predicted octanol–water partition coefficient (Wildman–Crippen LogP) is 5.59. The molecule has 0 aliphatic carbocycles. The van der Waals surface area contributed by atoms with Gasteiger partial charge < -0.3 is 9.47 Å². The zero-order valence-corrected chi connectivity index (χ0v) is 16.2. The third-order valence-corrected chi connectivity index (χ3v) is 4.29. The number of halogens is 3. The van der Waals surface area contributed by atoms with Gasteiger partial charge in [0, 0.05) is 11.6 Å². The van der Waals surface area contributed by atoms with E-state index in [0.717, 1.165) is 32.1 Å². The third kappa shape index (κ3) is 6.93. The molecule has 0 bridgehead atoms. The van der Waals surface area contributed by atoms with Crippen LogP contribution in [0.4, 0.5) is 13.2 Å². The van der Waals surface area contributed by atoms with Gasteiger partial charge in [-0.1, -0.05) is 32.6 Å². The summed E-state index contributed by atoms with van der Waals surface area (Å²) < 4.78 is 49.7. The average molecular weight is 408 g/mol. The van der Waals surface area contributed by atoms with Crippen LogP contribution in [0.3, 0.4) is 0 Å². The lowest BCUT2D eigenvalue weighted by Crippen LogP contribution is -2.09. The predicted molar refractivity (Wildman–Crippen MR) is 101 cm³/mol. The first kappa shape index (κ1) is 22.5. The van der Waals surface area contributed by atoms with Crippen molar-refractivity contribution in [2.24, 2.45) is 0 Å². The first-order valence-electron chi connectivity index (χ1n) is 9.50. The summed E-state index contributed by atoms with van der Waals surface area (Å²) in [7, 11) is 0. The lowest BCUT2D eigenvalue weighted by molar-refractivity contribution is 0.0462. The van der Waals surface area contributed by atoms with Gasteiger partial charge in [-0.3, -0.25) is 0 Å². The molecule has 0 fully saturated rings. The van der Waals surface area contributed by atoms with Crippen LogP contribution in [-0.2, 0) is 16.1 Å². The lowest BCUT2D eigenvalue weighted by Gasteiger charge is -2.08. The number of rotatable bonds is 10. The van der Waals surface area contributed by atoms with Crippen LogP contribution < -0.4 is 0 Å². The number of unbranched alkanes of at least 4 members (excludes halogenated alkanes) is 4. The SMILES string of the molecule is CCCCCCCOC(=O)c1ccc(C(=O)OCc2cc(F)c(F)cc2F)cc1. The summed E-state index contributed by atoms with van der Waals surface area (Å²) >= 11 is 0. The molecule has 0 atom stereocenters. The third-order valence-electron chi connectivity index (χ3n) is 4.29. The van der Waals surface area contributed by atoms with Gasteiger partial charge in [0.15, 0.2) is 11.6 Å². The highest BCUT2D eigenvalue weighted by molar-refractivity contribution is 5.93. The highest BCUT2D eigenvalue weighted by Gasteiger charge is 2.14. The molecular weight excluding hydrogens is 385 g/mol. The Balaban J connectivity index is 1.83. The molecule has 0 amide bonds. The molecule has 0 radical (unpaired) electrons. The molecule has 2 rings (SSSR count). The van der Waals surface area contributed by atoms with Crippen molar-refractivity contribution < 1.29 is 32.2 Å². The number of hydrogen-bond acceptors (Lipinski definition) is 4. The number of ether oxygens (including phenoxy) is 2. The molecule has 4 nitrogen and oxygen atoms in total. The summed E-state index contributed by atoms with van der Waals surface area (Å²) in [6, 6.07) is 6.63. The smallest absolute Gasteiger partial charge is 0.338 e. The van der Waals surface area contributed by atoms with Gasteiger partial charge in [-0.05, 0) is 36.8 Å². The summed E-state index contributed by atoms with van der Waals surface area (Å²) in [5.74, 6) is -4.83. The van der Waals surface area contributed by atoms with E-state index in [4.69, 9.17) is 9.47 Å². The van der Waals surface area contributed by atoms with Crippen LogP contribution in [-0.4, -0.2) is 18.5 Å². The maximum Gasteiger partial charge on any atom is 0.338 e. The fraction of sp³-hybridized carbons (Fsp3) is 0.364. The van der Waals surface area contributed by atoms with E-state index in [1.54, 1.807) is 0 Å². The second-order valence-electron chi connectivity index (χ2n) is 6.56. The van der Waals surface area contributed by atoms with Crippen molar-refractivity contribution >= 4 is 11.9 Å². The second kappa shape index (κ2) is 11.2. The maximum absolute atomic E-state index is 13.6. The molecule has 156 valence electrons. The van der Waals surface area contributed by atoms with Gasteiger partial charge in [0.05, 0.1) is 17.7 Å². The first-order valence-corrected chi connectivity index (χ1v) is 9.50. The Bertz CT molecular complexity index is 835. The largest absolute Gasteiger partial charge is 0.462 e. The molecule has 0 heterocycles. The fourth-order valence-electron chi connectivity index (χ4n) is 2.60. The highest BCUT2D eigenvalue weighted by atomic mass is 19.2. The summed E-state index contributed by atoms with van der Waals surface area (Å²) in [5.41, 5.74) is 0.141. The number of carbonyl (C=O) groups excluding carboxylic acids is 2. The number of carbonyl (C=O) groups is 2. The van der Waals surface area contributed by atoms with Crippen molar-refractivity contribution in [3.8, 4) is 0 Å². The van der Waals surface area contributed by atoms with E-state index in [2.05, 4.69) is 6.92 Å². The molecule has 0 aliphatic heterocycles. The summed E-state index contributed by atoms with van der Waals surface area (Å²) in [5, 5.41) is 0. The van der Waals surface area contributed by atoms with Gasteiger partial charge >= 0.3 is 11.9 Å². The van der Waals surface area contributed by atoms with Crippen molar-refractivity contribution in [3.63, 3.8) is 0 Å². The standard InChI is InChI=1S/C22H23F3O4/c1-2-3-4-5-6-11-28-21(26)15-7-9-16(10-8-15)22(27)29-14-17-12-19(24)20(25)13-18(17)23/h7-10,12-13H,2-6,11,14H2,1H3. The van der Waals surface area contributed by atoms with Crippen LogP contribution in [0, 0.1) is 17.5 Å². The average Bonchev–Trinajstić information content (AvgIpc) is 2.72. The van der Waals surface area contributed by atoms with Gasteiger partial charge in [-0.15, -0.1) is 0 Å². The zero-order valence-electron chi connectivity index (χ0n) is 16.2. The van der Waals surface area contributed by atoms with Crippen LogP contribution in [0.15, 0.2) is 36.4 Å². The minimum atomic E-state index is -1.32. The molecule has 7 heteroatoms. The van der Waals surface area contributed by atoms with Crippen LogP contribution in [0.5, 0.6) is 0 Å². The molecule has 2 aromatic rings. The minimum Gasteiger partial charge on any atom is -0.462 e. The Morgan fingerprint density at radius 1 is 0.759 bits per heavy atom. The maximum atomic E-state index is 13.6. The van der Waals surface area contributed by atoms with Gasteiger partial charge in [0.25, 0.3) is 0 Å². The topological polar surface area (TPSA) is 52.6 Å². The van der Waals surface area contributed by atoms with Crippen LogP contribution in [0.25, 0.3) is 0 Å². The van der Waals surface area contributed by atoms with E-state index >= 15 is 0 Å². The van der Waals surface area contributed by atoms with E-state index in [1.807, 2.05) is 0 Å². The number of esters is 2. The van der Waals surface area contributed by atoms with Gasteiger partial charge in [0.2, 0.25) is 0 Å². The minimum absolute atomic E-state index is 0.129. The monoisotopic (exact) mass is 408 g/mol. The molecule has 0 spiro atoms. The first-order chi connectivity index (χ1) is 13.9. The molecule has 29 heavy (non-hydrogen) atoms. The molecule has 0 saturated heterocycles. The Labute approximate surface area is 167 Å². The van der Waals surface area contributed by atoms with E-state index < -0.39 is 36.0 Å². The summed E-state index contributed by atoms with van der Waals surface area (Å²) in [6.07, 6.45) is 5.22. The fourth-order valence-corrected chi connectivity index (χ4v) is 2.60. The molecule has 0 N–H and O–H groups in total. The number of benzene rings is 2. The Kier molecular flexibility index (Phi) is 8.70. The molecule has 0 unspecified atom stereocenters. The van der Waals surface area contributed by atoms with Crippen molar-refractivity contribution in [2.75, 3.05) is 6.61 Å². The Morgan fingerprint density at radius 2 is 1.31 bits per heavy atom. The second-order valence-corrected chi connectivity index (χ2v) is 6.56. The summed E-state index contributed by atoms with van der Waals surface area (Å²) in [4.78, 5) is 24.0. The van der Waals surface area contributed by atoms with Crippen molar-refractivity contribution in [3.05, 3.63) is 70.5 Å². The van der Waals surface area contributed by atoms with Gasteiger partial charge in [-0.2, -0.15) is 0 Å². The normalized spacial score (nSPS) is 10.6. The van der Waals surface area contributed by atoms with Crippen LogP contribution >= 0.6 is 0 Å². The molecule has 0 saturated carbocycles. The van der Waals surface area contributed by atoms with E-state index in [9.17, 15) is 22.8 Å². The van der Waals surface area contributed by atoms with E-state index in [-0.39, 0.29) is 11.1 Å². The molecule has 0 aliphatic rings. The van der Waals surface area contributed by atoms with Crippen LogP contribution in [0.2, 0.25) is 0 Å². The summed E-state index contributed by atoms with van der Waals surface area (Å²) in [6.45, 7) is 1.91. The van der Waals surface area contributed by atoms with E-state index in [1.165, 1.54) is 24.3 Å². The number of hydrogen-bond donors (Lipinski definition) is 0. The quantitative estimate of drug-likeness (QED) is 0.292. The van der Waals surface area contributed by atoms with Crippen molar-refractivity contribution in [1.82, 2.24) is 0 Å². The zero-order chi connectivity index (χ0) is 21.2. The van der Waals surface area contributed by atoms with Crippen molar-refractivity contribution in [1.29, 1.82) is 0 Å². The van der Waals surface area contributed by atoms with Crippen molar-refractivity contribution in [2.45, 2.75) is 45.6 Å². The molecular formula is C22H23F3O4. The molecule has 2 aromatic carbocycles. The van der Waals surface area contributed by atoms with Gasteiger partial charge in [-0.25, -0.2) is 22.8 Å². The Hall–Kier alpha value is -2.83. The Morgan fingerprint density at radius 3 is 1.93 bits per heavy atom. The van der Waals surface area contributed by atoms with Gasteiger partial charge in [0.1, 0.15) is 12.4 Å².